The minimum atomic E-state index is -4.71. The number of hydrogen-bond donors (Lipinski definition) is 8. The average Bonchev–Trinajstić information content (AvgIpc) is 1.41. The molecule has 2 unspecified atom stereocenters. The zero-order valence-corrected chi connectivity index (χ0v) is 57.0. The minimum Gasteiger partial charge on any atom is -0.778 e. The van der Waals surface area contributed by atoms with E-state index in [0.29, 0.717) is 21.6 Å². The first-order valence-corrected chi connectivity index (χ1v) is 35.7. The van der Waals surface area contributed by atoms with Crippen molar-refractivity contribution in [2.24, 2.45) is 0 Å². The van der Waals surface area contributed by atoms with Crippen molar-refractivity contribution >= 4 is 113 Å². The number of sulfone groups is 1. The summed E-state index contributed by atoms with van der Waals surface area (Å²) in [4.78, 5) is 103. The van der Waals surface area contributed by atoms with E-state index in [2.05, 4.69) is 63.6 Å². The highest BCUT2D eigenvalue weighted by molar-refractivity contribution is 7.94. The average molecular weight is 1540 g/mol. The lowest BCUT2D eigenvalue weighted by Gasteiger charge is -2.14. The third kappa shape index (κ3) is 28.7. The number of rotatable bonds is 25. The Morgan fingerprint density at radius 2 is 1.26 bits per heavy atom. The molecule has 542 valence electrons. The molecular formula is C49H57Cl2F7N13O22PS4. The number of anilines is 2. The number of aromatic carboxylic acids is 1. The van der Waals surface area contributed by atoms with Gasteiger partial charge in [0.1, 0.15) is 34.3 Å². The van der Waals surface area contributed by atoms with Crippen LogP contribution in [-0.2, 0) is 66.1 Å². The van der Waals surface area contributed by atoms with Crippen molar-refractivity contribution < 1.29 is 128 Å². The number of carbonyl (C=O) groups is 5. The number of amides is 4. The fraction of sp³-hybridized carbons (Fsp3) is 0.347. The third-order valence-corrected chi connectivity index (χ3v) is 16.1. The number of nitrogens with one attached hydrogen (secondary N) is 5. The van der Waals surface area contributed by atoms with Crippen LogP contribution in [-0.4, -0.2) is 186 Å². The number of sulfonamides is 2. The minimum absolute atomic E-state index is 0.0424. The molecular weight excluding hydrogens is 1490 g/mol. The van der Waals surface area contributed by atoms with E-state index in [1.54, 1.807) is 17.0 Å². The van der Waals surface area contributed by atoms with Gasteiger partial charge in [0.2, 0.25) is 35.4 Å². The summed E-state index contributed by atoms with van der Waals surface area (Å²) in [5.41, 5.74) is -2.01. The van der Waals surface area contributed by atoms with E-state index in [0.717, 1.165) is 36.5 Å². The molecule has 35 nitrogen and oxygen atoms in total. The fourth-order valence-corrected chi connectivity index (χ4v) is 11.0. The summed E-state index contributed by atoms with van der Waals surface area (Å²) in [5, 5.41) is 24.5. The second-order valence-electron chi connectivity index (χ2n) is 18.1. The smallest absolute Gasteiger partial charge is 0.388 e. The van der Waals surface area contributed by atoms with Crippen LogP contribution in [0.2, 0.25) is 5.02 Å². The van der Waals surface area contributed by atoms with Gasteiger partial charge in [-0.15, -0.1) is 16.7 Å². The highest BCUT2D eigenvalue weighted by Crippen LogP contribution is 2.28. The molecule has 0 bridgehead atoms. The maximum atomic E-state index is 14.2. The van der Waals surface area contributed by atoms with E-state index in [1.807, 2.05) is 5.32 Å². The van der Waals surface area contributed by atoms with Crippen LogP contribution in [0.25, 0.3) is 5.69 Å². The Balaban J connectivity index is 0.000000455. The number of aliphatic carboxylic acids is 1. The number of carboxylic acid groups (broad SMARTS) is 2. The molecule has 0 aliphatic rings. The van der Waals surface area contributed by atoms with Crippen LogP contribution in [0, 0.1) is 12.7 Å². The van der Waals surface area contributed by atoms with Crippen molar-refractivity contribution in [2.75, 3.05) is 68.8 Å². The Morgan fingerprint density at radius 3 is 1.70 bits per heavy atom. The molecule has 98 heavy (non-hydrogen) atoms. The van der Waals surface area contributed by atoms with Gasteiger partial charge in [0.05, 0.1) is 75.9 Å². The number of carbonyl (C=O) groups excluding carboxylic acids is 3. The number of alkyl halides is 7. The third-order valence-electron chi connectivity index (χ3n) is 10.3. The number of methoxy groups -OCH3 is 2. The van der Waals surface area contributed by atoms with E-state index >= 15 is 0 Å². The second-order valence-corrected chi connectivity index (χ2v) is 28.6. The van der Waals surface area contributed by atoms with Gasteiger partial charge in [-0.25, -0.2) is 59.4 Å². The SMILES string of the molecule is CCOC(=O)C(Cl)Cc1cc(-n2nc(C)n(C(F)F)c2=O)c(F)cc1Cl.CCS(=O)(=O)c1cccnc1S(=O)(=O)NC(=O)Nc1nc(OC)cc(OC)n1.C[S+](C)C.O=C(Nc1nc(OC(F)F)cc(OC(F)F)n1)NS(=O)(=O)c1ccccc1C(=O)O.O=C(O)CNCP(=O)([O-])O. The van der Waals surface area contributed by atoms with Crippen molar-refractivity contribution in [3.63, 3.8) is 0 Å². The lowest BCUT2D eigenvalue weighted by atomic mass is 10.1. The number of ether oxygens (including phenoxy) is 5. The van der Waals surface area contributed by atoms with Gasteiger partial charge in [-0.3, -0.25) is 25.5 Å². The Bertz CT molecular complexity index is 4180. The van der Waals surface area contributed by atoms with Crippen LogP contribution in [0.5, 0.6) is 23.5 Å². The maximum Gasteiger partial charge on any atom is 0.388 e. The number of pyridine rings is 1. The van der Waals surface area contributed by atoms with Crippen LogP contribution in [0.1, 0.15) is 42.1 Å². The van der Waals surface area contributed by atoms with Crippen molar-refractivity contribution in [3.05, 3.63) is 105 Å². The molecule has 0 saturated heterocycles. The van der Waals surface area contributed by atoms with Gasteiger partial charge in [-0.1, -0.05) is 30.7 Å². The summed E-state index contributed by atoms with van der Waals surface area (Å²) in [5.74, 6) is -8.07. The number of aryl methyl sites for hydroxylation is 1. The van der Waals surface area contributed by atoms with Gasteiger partial charge in [0, 0.05) is 17.6 Å². The first kappa shape index (κ1) is 85.3. The number of urea groups is 2. The van der Waals surface area contributed by atoms with E-state index < -0.39 is 155 Å². The van der Waals surface area contributed by atoms with Crippen LogP contribution < -0.4 is 54.9 Å². The lowest BCUT2D eigenvalue weighted by Crippen LogP contribution is -2.36. The zero-order valence-electron chi connectivity index (χ0n) is 51.4. The van der Waals surface area contributed by atoms with Crippen LogP contribution in [0.15, 0.2) is 86.5 Å². The second kappa shape index (κ2) is 39.0. The molecule has 6 aromatic rings. The van der Waals surface area contributed by atoms with Gasteiger partial charge in [0.15, 0.2) is 20.7 Å². The molecule has 0 spiro atoms. The van der Waals surface area contributed by atoms with Gasteiger partial charge in [-0.05, 0) is 66.7 Å². The quantitative estimate of drug-likeness (QED) is 0.0132. The van der Waals surface area contributed by atoms with Crippen LogP contribution in [0.4, 0.5) is 52.2 Å². The molecule has 4 aromatic heterocycles. The normalized spacial score (nSPS) is 12.1. The Hall–Kier alpha value is -8.76. The van der Waals surface area contributed by atoms with E-state index in [-0.39, 0.29) is 63.2 Å². The number of esters is 1. The van der Waals surface area contributed by atoms with E-state index in [1.165, 1.54) is 57.1 Å². The molecule has 2 aromatic carbocycles. The van der Waals surface area contributed by atoms with Crippen molar-refractivity contribution in [3.8, 4) is 29.2 Å². The van der Waals surface area contributed by atoms with Crippen molar-refractivity contribution in [1.29, 1.82) is 0 Å². The monoisotopic (exact) mass is 1540 g/mol. The zero-order chi connectivity index (χ0) is 74.8. The van der Waals surface area contributed by atoms with Gasteiger partial charge in [-0.2, -0.15) is 59.4 Å². The largest absolute Gasteiger partial charge is 0.778 e. The van der Waals surface area contributed by atoms with Crippen molar-refractivity contribution in [1.82, 2.24) is 54.0 Å². The predicted octanol–water partition coefficient (Wildman–Crippen LogP) is 3.98. The predicted molar refractivity (Wildman–Crippen MR) is 329 cm³/mol. The molecule has 49 heteroatoms. The van der Waals surface area contributed by atoms with E-state index in [9.17, 15) is 94.2 Å². The highest BCUT2D eigenvalue weighted by Gasteiger charge is 2.30. The molecule has 4 heterocycles. The van der Waals surface area contributed by atoms with Gasteiger partial charge >= 0.3 is 55.4 Å². The lowest BCUT2D eigenvalue weighted by molar-refractivity contribution is -0.193. The van der Waals surface area contributed by atoms with E-state index in [4.69, 9.17) is 52.5 Å². The molecule has 0 aliphatic carbocycles. The Kier molecular flexibility index (Phi) is 33.9. The standard InChI is InChI=1S/C15H14Cl2F3N3O3.C14H10F4N4O7S.C14H17N5O7S2.C3H8NO5P.C3H9S/c1-3-26-13(24)10(17)4-8-5-12(11(18)6-9(8)16)23-15(25)22(14(19)20)7(2)21-23;15-11(16)28-8-5-9(29-12(17)18)20-13(19-8)21-14(25)22-30(26,27)7-4-2-1-3-6(7)10(23)24;1-4-27(21,22)9-6-5-7-15-12(9)28(23,24)19-14(20)18-13-16-10(25-2)8-11(17-13)26-3;5-3(6)1-4-2-10(7,8)9;1-4(2)3/h5-6,10,14H,3-4H2,1-2H3;1-5,11-12H,(H,23,24)(H2,19,20,21,22,25);5-8H,4H2,1-3H3,(H2,16,17,18,19,20);4H,1-2H2,(H,5,6)(H2,7,8,9);1-3H3/q;;;;+1/p-1. The molecule has 0 saturated carbocycles. The fourth-order valence-electron chi connectivity index (χ4n) is 6.45. The molecule has 0 fully saturated rings. The summed E-state index contributed by atoms with van der Waals surface area (Å²) >= 11 is 11.9. The molecule has 2 atom stereocenters. The number of nitrogens with zero attached hydrogens (tertiary/aromatic N) is 8. The first-order valence-electron chi connectivity index (χ1n) is 26.1. The number of aromatic nitrogens is 8. The van der Waals surface area contributed by atoms with Crippen LogP contribution >= 0.6 is 30.8 Å². The Labute approximate surface area is 563 Å². The van der Waals surface area contributed by atoms with Crippen molar-refractivity contribution in [2.45, 2.75) is 67.2 Å². The number of hydrogen-bond acceptors (Lipinski definition) is 26. The highest BCUT2D eigenvalue weighted by atomic mass is 35.5. The molecule has 4 amide bonds. The topological polar surface area (TPSA) is 499 Å². The number of benzene rings is 2. The summed E-state index contributed by atoms with van der Waals surface area (Å²) in [6, 6.07) is 7.73. The van der Waals surface area contributed by atoms with Gasteiger partial charge < -0.3 is 48.2 Å². The van der Waals surface area contributed by atoms with Gasteiger partial charge in [0.25, 0.3) is 20.0 Å². The molecule has 8 N–H and O–H groups in total. The maximum absolute atomic E-state index is 14.2. The molecule has 0 aliphatic heterocycles. The summed E-state index contributed by atoms with van der Waals surface area (Å²) in [7, 11) is -14.3. The summed E-state index contributed by atoms with van der Waals surface area (Å²) < 4.78 is 199. The first-order chi connectivity index (χ1) is 45.4. The van der Waals surface area contributed by atoms with Crippen LogP contribution in [0.3, 0.4) is 0 Å². The molecule has 6 rings (SSSR count). The number of halogens is 9. The molecule has 0 radical (unpaired) electrons. The summed E-state index contributed by atoms with van der Waals surface area (Å²) in [6.45, 7) is -6.14. The summed E-state index contributed by atoms with van der Waals surface area (Å²) in [6.07, 6.45) is 6.85. The Morgan fingerprint density at radius 1 is 0.765 bits per heavy atom. The number of carboxylic acids is 2.